The number of aliphatic hydroxyl groups excluding tert-OH is 2. The summed E-state index contributed by atoms with van der Waals surface area (Å²) in [4.78, 5) is 12.2. The first-order valence-corrected chi connectivity index (χ1v) is 7.83. The molecule has 5 heteroatoms. The fourth-order valence-corrected chi connectivity index (χ4v) is 3.48. The van der Waals surface area contributed by atoms with Crippen molar-refractivity contribution < 1.29 is 24.5 Å². The van der Waals surface area contributed by atoms with Crippen LogP contribution in [0.25, 0.3) is 0 Å². The SMILES string of the molecule is C=C1[C@@H](O)CC[C@H](C)[C@@]1(C)C(O)C1=C(C)C(OCC)OC1=O. The van der Waals surface area contributed by atoms with E-state index in [1.54, 1.807) is 6.92 Å². The largest absolute Gasteiger partial charge is 0.428 e. The number of rotatable bonds is 4. The molecular formula is C17H26O5. The van der Waals surface area contributed by atoms with E-state index in [4.69, 9.17) is 9.47 Å². The van der Waals surface area contributed by atoms with Crippen LogP contribution in [0.4, 0.5) is 0 Å². The predicted octanol–water partition coefficient (Wildman–Crippen LogP) is 1.94. The molecule has 0 aromatic rings. The Bertz CT molecular complexity index is 509. The summed E-state index contributed by atoms with van der Waals surface area (Å²) in [7, 11) is 0. The third-order valence-corrected chi connectivity index (χ3v) is 5.36. The molecule has 2 unspecified atom stereocenters. The highest BCUT2D eigenvalue weighted by atomic mass is 16.7. The van der Waals surface area contributed by atoms with Crippen LogP contribution in [0.3, 0.4) is 0 Å². The summed E-state index contributed by atoms with van der Waals surface area (Å²) in [5, 5.41) is 21.1. The number of hydrogen-bond donors (Lipinski definition) is 2. The second kappa shape index (κ2) is 6.14. The molecule has 1 aliphatic carbocycles. The molecule has 0 saturated heterocycles. The van der Waals surface area contributed by atoms with Gasteiger partial charge in [0, 0.05) is 17.6 Å². The highest BCUT2D eigenvalue weighted by Gasteiger charge is 2.51. The van der Waals surface area contributed by atoms with Crippen molar-refractivity contribution in [2.75, 3.05) is 6.61 Å². The van der Waals surface area contributed by atoms with Crippen LogP contribution >= 0.6 is 0 Å². The van der Waals surface area contributed by atoms with Crippen molar-refractivity contribution in [2.24, 2.45) is 11.3 Å². The highest BCUT2D eigenvalue weighted by Crippen LogP contribution is 2.49. The van der Waals surface area contributed by atoms with Crippen LogP contribution in [0.15, 0.2) is 23.3 Å². The van der Waals surface area contributed by atoms with Crippen molar-refractivity contribution in [3.63, 3.8) is 0 Å². The third-order valence-electron chi connectivity index (χ3n) is 5.36. The van der Waals surface area contributed by atoms with Gasteiger partial charge in [-0.25, -0.2) is 4.79 Å². The van der Waals surface area contributed by atoms with Gasteiger partial charge in [-0.2, -0.15) is 0 Å². The van der Waals surface area contributed by atoms with Crippen LogP contribution in [0, 0.1) is 11.3 Å². The van der Waals surface area contributed by atoms with Crippen molar-refractivity contribution in [1.82, 2.24) is 0 Å². The lowest BCUT2D eigenvalue weighted by Crippen LogP contribution is -2.48. The van der Waals surface area contributed by atoms with Gasteiger partial charge in [-0.15, -0.1) is 0 Å². The Morgan fingerprint density at radius 3 is 2.73 bits per heavy atom. The van der Waals surface area contributed by atoms with Crippen molar-refractivity contribution in [2.45, 2.75) is 59.0 Å². The maximum absolute atomic E-state index is 12.2. The zero-order valence-electron chi connectivity index (χ0n) is 13.8. The van der Waals surface area contributed by atoms with Crippen molar-refractivity contribution in [1.29, 1.82) is 0 Å². The smallest absolute Gasteiger partial charge is 0.339 e. The number of ether oxygens (including phenoxy) is 2. The average Bonchev–Trinajstić information content (AvgIpc) is 2.75. The normalized spacial score (nSPS) is 37.5. The van der Waals surface area contributed by atoms with Gasteiger partial charge in [0.05, 0.1) is 17.8 Å². The van der Waals surface area contributed by atoms with E-state index in [-0.39, 0.29) is 11.5 Å². The summed E-state index contributed by atoms with van der Waals surface area (Å²) < 4.78 is 10.6. The molecule has 2 aliphatic rings. The van der Waals surface area contributed by atoms with Crippen molar-refractivity contribution in [3.8, 4) is 0 Å². The zero-order chi connectivity index (χ0) is 16.7. The molecule has 1 saturated carbocycles. The molecule has 5 nitrogen and oxygen atoms in total. The second-order valence-electron chi connectivity index (χ2n) is 6.49. The quantitative estimate of drug-likeness (QED) is 0.613. The van der Waals surface area contributed by atoms with E-state index in [0.717, 1.165) is 6.42 Å². The highest BCUT2D eigenvalue weighted by molar-refractivity contribution is 5.93. The minimum atomic E-state index is -1.07. The van der Waals surface area contributed by atoms with Crippen LogP contribution < -0.4 is 0 Å². The number of aliphatic hydroxyl groups is 2. The lowest BCUT2D eigenvalue weighted by atomic mass is 9.60. The lowest BCUT2D eigenvalue weighted by molar-refractivity contribution is -0.160. The number of carbonyl (C=O) groups is 1. The molecule has 0 bridgehead atoms. The molecule has 1 fully saturated rings. The summed E-state index contributed by atoms with van der Waals surface area (Å²) in [6.07, 6.45) is -1.06. The Hall–Kier alpha value is -1.17. The Morgan fingerprint density at radius 1 is 1.50 bits per heavy atom. The Balaban J connectivity index is 2.38. The number of carbonyl (C=O) groups excluding carboxylic acids is 1. The van der Waals surface area contributed by atoms with E-state index in [2.05, 4.69) is 6.58 Å². The monoisotopic (exact) mass is 310 g/mol. The first kappa shape index (κ1) is 17.2. The van der Waals surface area contributed by atoms with Crippen LogP contribution in [0.2, 0.25) is 0 Å². The molecule has 1 aliphatic heterocycles. The minimum absolute atomic E-state index is 0.0950. The molecule has 124 valence electrons. The van der Waals surface area contributed by atoms with Crippen molar-refractivity contribution >= 4 is 5.97 Å². The number of hydrogen-bond acceptors (Lipinski definition) is 5. The maximum atomic E-state index is 12.2. The standard InChI is InChI=1S/C17H26O5/c1-6-21-16-10(3)13(15(20)22-16)14(19)17(5)9(2)7-8-12(18)11(17)4/h9,12,14,16,18-19H,4,6-8H2,1-3,5H3/t9-,12-,14?,16?,17+/m0/s1. The van der Waals surface area contributed by atoms with Gasteiger partial charge in [0.2, 0.25) is 6.29 Å². The van der Waals surface area contributed by atoms with Gasteiger partial charge in [-0.1, -0.05) is 20.4 Å². The van der Waals surface area contributed by atoms with Gasteiger partial charge < -0.3 is 19.7 Å². The van der Waals surface area contributed by atoms with Gasteiger partial charge in [-0.05, 0) is 38.2 Å². The van der Waals surface area contributed by atoms with Gasteiger partial charge in [0.15, 0.2) is 0 Å². The van der Waals surface area contributed by atoms with E-state index < -0.39 is 29.9 Å². The first-order chi connectivity index (χ1) is 10.2. The van der Waals surface area contributed by atoms with Crippen LogP contribution in [0.5, 0.6) is 0 Å². The van der Waals surface area contributed by atoms with E-state index in [9.17, 15) is 15.0 Å². The van der Waals surface area contributed by atoms with Gasteiger partial charge >= 0.3 is 5.97 Å². The first-order valence-electron chi connectivity index (χ1n) is 7.83. The third kappa shape index (κ3) is 2.51. The summed E-state index contributed by atoms with van der Waals surface area (Å²) in [5.41, 5.74) is 0.643. The molecule has 0 spiro atoms. The molecule has 5 atom stereocenters. The minimum Gasteiger partial charge on any atom is -0.428 e. The van der Waals surface area contributed by atoms with Crippen LogP contribution in [-0.4, -0.2) is 41.3 Å². The molecule has 1 heterocycles. The molecule has 2 rings (SSSR count). The summed E-state index contributed by atoms with van der Waals surface area (Å²) in [6, 6.07) is 0. The molecule has 22 heavy (non-hydrogen) atoms. The summed E-state index contributed by atoms with van der Waals surface area (Å²) >= 11 is 0. The maximum Gasteiger partial charge on any atom is 0.339 e. The Morgan fingerprint density at radius 2 is 2.14 bits per heavy atom. The topological polar surface area (TPSA) is 76.0 Å². The Kier molecular flexibility index (Phi) is 4.80. The number of cyclic esters (lactones) is 1. The Labute approximate surface area is 131 Å². The van der Waals surface area contributed by atoms with E-state index >= 15 is 0 Å². The number of esters is 1. The van der Waals surface area contributed by atoms with E-state index in [1.165, 1.54) is 0 Å². The van der Waals surface area contributed by atoms with E-state index in [1.807, 2.05) is 20.8 Å². The van der Waals surface area contributed by atoms with Gasteiger partial charge in [0.25, 0.3) is 0 Å². The molecule has 0 aromatic carbocycles. The fraction of sp³-hybridized carbons (Fsp3) is 0.706. The predicted molar refractivity (Wildman–Crippen MR) is 81.9 cm³/mol. The summed E-state index contributed by atoms with van der Waals surface area (Å²) in [5.74, 6) is -0.456. The van der Waals surface area contributed by atoms with Gasteiger partial charge in [0.1, 0.15) is 0 Å². The zero-order valence-corrected chi connectivity index (χ0v) is 13.8. The molecule has 0 radical (unpaired) electrons. The van der Waals surface area contributed by atoms with E-state index in [0.29, 0.717) is 24.2 Å². The fourth-order valence-electron chi connectivity index (χ4n) is 3.48. The van der Waals surface area contributed by atoms with Gasteiger partial charge in [-0.3, -0.25) is 0 Å². The molecule has 0 aromatic heterocycles. The summed E-state index contributed by atoms with van der Waals surface area (Å²) in [6.45, 7) is 11.8. The average molecular weight is 310 g/mol. The van der Waals surface area contributed by atoms with Crippen molar-refractivity contribution in [3.05, 3.63) is 23.3 Å². The molecule has 0 amide bonds. The molecular weight excluding hydrogens is 284 g/mol. The molecule has 2 N–H and O–H groups in total. The lowest BCUT2D eigenvalue weighted by Gasteiger charge is -2.47. The van der Waals surface area contributed by atoms with Crippen LogP contribution in [0.1, 0.15) is 40.5 Å². The van der Waals surface area contributed by atoms with Crippen LogP contribution in [-0.2, 0) is 14.3 Å². The second-order valence-corrected chi connectivity index (χ2v) is 6.49.